The van der Waals surface area contributed by atoms with Gasteiger partial charge in [0.1, 0.15) is 17.4 Å². The third-order valence-corrected chi connectivity index (χ3v) is 9.58. The Morgan fingerprint density at radius 3 is 2.20 bits per heavy atom. The first-order valence-corrected chi connectivity index (χ1v) is 16.0. The highest BCUT2D eigenvalue weighted by Gasteiger charge is 2.30. The summed E-state index contributed by atoms with van der Waals surface area (Å²) in [5.41, 5.74) is 7.91. The SMILES string of the molecule is O=C(O)c1cccc(C2Oc3cc(-c4cnc([C@@H]5CCCN5)[nH]4)ccc3-c3cc4cc(-c5cnc([C@@H]6CCCN6)[nH]5)ccc4n32)c1. The van der Waals surface area contributed by atoms with Crippen molar-refractivity contribution in [2.45, 2.75) is 44.0 Å². The molecule has 10 nitrogen and oxygen atoms in total. The molecule has 1 unspecified atom stereocenters. The van der Waals surface area contributed by atoms with Gasteiger partial charge in [-0.3, -0.25) is 0 Å². The fourth-order valence-electron chi connectivity index (χ4n) is 7.23. The van der Waals surface area contributed by atoms with Crippen molar-refractivity contribution in [1.29, 1.82) is 0 Å². The van der Waals surface area contributed by atoms with Crippen molar-refractivity contribution in [2.75, 3.05) is 13.1 Å². The van der Waals surface area contributed by atoms with Crippen LogP contribution in [0, 0.1) is 0 Å². The highest BCUT2D eigenvalue weighted by Crippen LogP contribution is 2.46. The number of carbonyl (C=O) groups is 1. The van der Waals surface area contributed by atoms with Crippen LogP contribution in [0.2, 0.25) is 0 Å². The minimum absolute atomic E-state index is 0.221. The molecule has 2 fully saturated rings. The molecule has 6 aromatic rings. The molecule has 3 aromatic heterocycles. The summed E-state index contributed by atoms with van der Waals surface area (Å²) in [5.74, 6) is 1.69. The second-order valence-corrected chi connectivity index (χ2v) is 12.4. The minimum atomic E-state index is -0.971. The molecule has 3 atom stereocenters. The van der Waals surface area contributed by atoms with Crippen LogP contribution in [0.25, 0.3) is 44.7 Å². The van der Waals surface area contributed by atoms with Gasteiger partial charge in [0.15, 0.2) is 0 Å². The Morgan fingerprint density at radius 2 is 1.52 bits per heavy atom. The van der Waals surface area contributed by atoms with Gasteiger partial charge in [-0.25, -0.2) is 14.8 Å². The zero-order valence-electron chi connectivity index (χ0n) is 25.1. The second-order valence-electron chi connectivity index (χ2n) is 12.4. The van der Waals surface area contributed by atoms with Gasteiger partial charge in [0.25, 0.3) is 0 Å². The number of hydrogen-bond donors (Lipinski definition) is 5. The Bertz CT molecular complexity index is 2110. The van der Waals surface area contributed by atoms with Crippen molar-refractivity contribution in [3.63, 3.8) is 0 Å². The minimum Gasteiger partial charge on any atom is -0.478 e. The van der Waals surface area contributed by atoms with Gasteiger partial charge in [-0.05, 0) is 81.2 Å². The van der Waals surface area contributed by atoms with Gasteiger partial charge >= 0.3 is 5.97 Å². The van der Waals surface area contributed by atoms with Gasteiger partial charge in [-0.2, -0.15) is 0 Å². The molecule has 2 saturated heterocycles. The van der Waals surface area contributed by atoms with Crippen LogP contribution >= 0.6 is 0 Å². The van der Waals surface area contributed by atoms with E-state index in [2.05, 4.69) is 77.6 Å². The molecule has 3 aliphatic rings. The zero-order chi connectivity index (χ0) is 30.8. The van der Waals surface area contributed by atoms with Crippen LogP contribution in [0.4, 0.5) is 0 Å². The number of ether oxygens (including phenoxy) is 1. The van der Waals surface area contributed by atoms with E-state index in [0.29, 0.717) is 0 Å². The molecular weight excluding hydrogens is 578 g/mol. The lowest BCUT2D eigenvalue weighted by Gasteiger charge is -2.30. The maximum Gasteiger partial charge on any atom is 0.335 e. The van der Waals surface area contributed by atoms with Gasteiger partial charge in [-0.15, -0.1) is 0 Å². The van der Waals surface area contributed by atoms with Crippen LogP contribution in [0.1, 0.15) is 71.6 Å². The van der Waals surface area contributed by atoms with Crippen molar-refractivity contribution < 1.29 is 14.6 Å². The summed E-state index contributed by atoms with van der Waals surface area (Å²) in [6.45, 7) is 2.03. The third kappa shape index (κ3) is 4.52. The molecule has 6 heterocycles. The number of benzene rings is 3. The quantitative estimate of drug-likeness (QED) is 0.144. The molecule has 10 heteroatoms. The molecule has 0 radical (unpaired) electrons. The Kier molecular flexibility index (Phi) is 6.32. The van der Waals surface area contributed by atoms with Crippen molar-refractivity contribution in [2.24, 2.45) is 0 Å². The number of imidazole rings is 2. The summed E-state index contributed by atoms with van der Waals surface area (Å²) < 4.78 is 8.96. The van der Waals surface area contributed by atoms with Gasteiger partial charge in [-0.1, -0.05) is 24.3 Å². The smallest absolute Gasteiger partial charge is 0.335 e. The molecule has 9 rings (SSSR count). The van der Waals surface area contributed by atoms with E-state index >= 15 is 0 Å². The Labute approximate surface area is 264 Å². The molecule has 0 bridgehead atoms. The summed E-state index contributed by atoms with van der Waals surface area (Å²) in [7, 11) is 0. The lowest BCUT2D eigenvalue weighted by molar-refractivity contribution is 0.0696. The summed E-state index contributed by atoms with van der Waals surface area (Å²) in [6.07, 6.45) is 7.70. The van der Waals surface area contributed by atoms with Gasteiger partial charge in [0.2, 0.25) is 6.23 Å². The molecule has 230 valence electrons. The molecule has 3 aliphatic heterocycles. The Morgan fingerprint density at radius 1 is 0.826 bits per heavy atom. The number of aromatic carboxylic acids is 1. The maximum absolute atomic E-state index is 11.9. The van der Waals surface area contributed by atoms with Crippen molar-refractivity contribution in [1.82, 2.24) is 35.1 Å². The van der Waals surface area contributed by atoms with Crippen LogP contribution in [-0.4, -0.2) is 48.7 Å². The molecule has 0 aliphatic carbocycles. The average Bonchev–Trinajstić information content (AvgIpc) is 3.92. The molecule has 0 saturated carbocycles. The first kappa shape index (κ1) is 27.1. The molecule has 5 N–H and O–H groups in total. The topological polar surface area (TPSA) is 133 Å². The fourth-order valence-corrected chi connectivity index (χ4v) is 7.23. The molecule has 0 spiro atoms. The van der Waals surface area contributed by atoms with Crippen LogP contribution in [0.5, 0.6) is 5.75 Å². The highest BCUT2D eigenvalue weighted by molar-refractivity contribution is 5.93. The predicted octanol–water partition coefficient (Wildman–Crippen LogP) is 6.58. The van der Waals surface area contributed by atoms with E-state index in [1.54, 1.807) is 18.2 Å². The van der Waals surface area contributed by atoms with E-state index in [1.807, 2.05) is 18.5 Å². The second kappa shape index (κ2) is 10.7. The van der Waals surface area contributed by atoms with Crippen LogP contribution in [-0.2, 0) is 0 Å². The van der Waals surface area contributed by atoms with E-state index in [-0.39, 0.29) is 17.6 Å². The van der Waals surface area contributed by atoms with Gasteiger partial charge < -0.3 is 35.0 Å². The van der Waals surface area contributed by atoms with Crippen LogP contribution < -0.4 is 15.4 Å². The number of fused-ring (bicyclic) bond motifs is 5. The number of rotatable bonds is 6. The van der Waals surface area contributed by atoms with E-state index in [1.165, 1.54) is 0 Å². The van der Waals surface area contributed by atoms with E-state index in [9.17, 15) is 9.90 Å². The average molecular weight is 612 g/mol. The first-order chi connectivity index (χ1) is 22.6. The highest BCUT2D eigenvalue weighted by atomic mass is 16.5. The summed E-state index contributed by atoms with van der Waals surface area (Å²) in [6, 6.07) is 22.4. The van der Waals surface area contributed by atoms with Crippen molar-refractivity contribution in [3.8, 4) is 39.5 Å². The largest absolute Gasteiger partial charge is 0.478 e. The number of carboxylic acid groups (broad SMARTS) is 1. The van der Waals surface area contributed by atoms with Crippen LogP contribution in [0.15, 0.2) is 79.1 Å². The normalized spacial score (nSPS) is 20.5. The third-order valence-electron chi connectivity index (χ3n) is 9.58. The van der Waals surface area contributed by atoms with Crippen LogP contribution in [0.3, 0.4) is 0 Å². The maximum atomic E-state index is 11.9. The number of aromatic amines is 2. The Hall–Kier alpha value is -5.19. The summed E-state index contributed by atoms with van der Waals surface area (Å²) >= 11 is 0. The molecular formula is C36H33N7O3. The lowest BCUT2D eigenvalue weighted by Crippen LogP contribution is -2.22. The van der Waals surface area contributed by atoms with Gasteiger partial charge in [0.05, 0.1) is 52.6 Å². The number of H-pyrrole nitrogens is 2. The van der Waals surface area contributed by atoms with Crippen molar-refractivity contribution >= 4 is 16.9 Å². The van der Waals surface area contributed by atoms with Crippen molar-refractivity contribution in [3.05, 3.63) is 102 Å². The number of hydrogen-bond acceptors (Lipinski definition) is 6. The fraction of sp³-hybridized carbons (Fsp3) is 0.250. The number of aromatic nitrogens is 5. The van der Waals surface area contributed by atoms with E-state index in [4.69, 9.17) is 4.74 Å². The standard InChI is InChI=1S/C36H33N7O3/c44-36(45)23-5-1-4-22(15-23)35-43-30-11-9-20(28-18-39-33(41-28)26-6-2-12-37-26)14-24(30)16-31(43)25-10-8-21(17-32(25)46-35)29-19-40-34(42-29)27-7-3-13-38-27/h1,4-5,8-11,14-19,26-27,35,37-38H,2-3,6-7,12-13H2,(H,39,41)(H,40,42)(H,44,45)/t26-,27-,35?/m0/s1. The van der Waals surface area contributed by atoms with E-state index in [0.717, 1.165) is 106 Å². The molecule has 46 heavy (non-hydrogen) atoms. The molecule has 0 amide bonds. The monoisotopic (exact) mass is 611 g/mol. The molecule has 3 aromatic carbocycles. The predicted molar refractivity (Wildman–Crippen MR) is 175 cm³/mol. The Balaban J connectivity index is 1.15. The first-order valence-electron chi connectivity index (χ1n) is 16.0. The number of carboxylic acids is 1. The summed E-state index contributed by atoms with van der Waals surface area (Å²) in [5, 5.41) is 17.8. The zero-order valence-corrected chi connectivity index (χ0v) is 25.1. The number of nitrogens with one attached hydrogen (secondary N) is 4. The van der Waals surface area contributed by atoms with E-state index < -0.39 is 12.2 Å². The number of nitrogens with zero attached hydrogens (tertiary/aromatic N) is 3. The lowest BCUT2D eigenvalue weighted by atomic mass is 10.0. The van der Waals surface area contributed by atoms with Gasteiger partial charge in [0, 0.05) is 27.6 Å². The summed E-state index contributed by atoms with van der Waals surface area (Å²) in [4.78, 5) is 28.3.